The lowest BCUT2D eigenvalue weighted by Crippen LogP contribution is -2.45. The number of carbonyl (C=O) groups excluding carboxylic acids is 1. The van der Waals surface area contributed by atoms with E-state index in [-0.39, 0.29) is 5.91 Å². The molecule has 68 valence electrons. The normalized spacial score (nSPS) is 23.4. The van der Waals surface area contributed by atoms with Crippen LogP contribution in [0.5, 0.6) is 0 Å². The molecule has 0 aliphatic carbocycles. The summed E-state index contributed by atoms with van der Waals surface area (Å²) in [5.41, 5.74) is 0. The molecule has 0 saturated carbocycles. The van der Waals surface area contributed by atoms with Gasteiger partial charge in [0.25, 0.3) is 0 Å². The molecule has 0 aromatic rings. The molecule has 0 aromatic carbocycles. The quantitative estimate of drug-likeness (QED) is 0.682. The molecule has 0 spiro atoms. The van der Waals surface area contributed by atoms with Crippen LogP contribution in [0.2, 0.25) is 0 Å². The van der Waals surface area contributed by atoms with Crippen LogP contribution in [0, 0.1) is 0 Å². The Hall–Kier alpha value is -0.540. The Morgan fingerprint density at radius 3 is 3.08 bits per heavy atom. The highest BCUT2D eigenvalue weighted by Gasteiger charge is 2.16. The van der Waals surface area contributed by atoms with Gasteiger partial charge in [-0.05, 0) is 6.42 Å². The van der Waals surface area contributed by atoms with E-state index in [1.807, 2.05) is 0 Å². The van der Waals surface area contributed by atoms with Crippen molar-refractivity contribution in [3.63, 3.8) is 0 Å². The minimum absolute atomic E-state index is 0.137. The van der Waals surface area contributed by atoms with Gasteiger partial charge in [-0.25, -0.2) is 0 Å². The molecule has 0 aromatic heterocycles. The van der Waals surface area contributed by atoms with Crippen LogP contribution in [-0.4, -0.2) is 25.0 Å². The van der Waals surface area contributed by atoms with Crippen LogP contribution in [0.25, 0.3) is 0 Å². The summed E-state index contributed by atoms with van der Waals surface area (Å²) in [6.07, 6.45) is 1.49. The highest BCUT2D eigenvalue weighted by atomic mass is 35.5. The molecule has 1 fully saturated rings. The maximum absolute atomic E-state index is 10.8. The number of carbonyl (C=O) groups is 1. The number of halogens is 1. The molecular weight excluding hydrogens is 176 g/mol. The molecule has 1 aliphatic heterocycles. The molecule has 4 heteroatoms. The first kappa shape index (κ1) is 9.55. The molecule has 1 unspecified atom stereocenters. The lowest BCUT2D eigenvalue weighted by atomic mass is 10.1. The van der Waals surface area contributed by atoms with Gasteiger partial charge in [-0.3, -0.25) is 4.79 Å². The Labute approximate surface area is 77.2 Å². The summed E-state index contributed by atoms with van der Waals surface area (Å²) in [5, 5.41) is 6.58. The number of rotatable bonds is 3. The van der Waals surface area contributed by atoms with Gasteiger partial charge in [0.1, 0.15) is 0 Å². The monoisotopic (exact) mass is 188 g/mol. The van der Waals surface area contributed by atoms with Crippen LogP contribution in [0.1, 0.15) is 12.8 Å². The molecule has 1 aliphatic rings. The summed E-state index contributed by atoms with van der Waals surface area (Å²) in [5.74, 6) is 0.137. The molecule has 12 heavy (non-hydrogen) atoms. The summed E-state index contributed by atoms with van der Waals surface area (Å²) in [6, 6.07) is 0.346. The van der Waals surface area contributed by atoms with Crippen molar-refractivity contribution >= 4 is 17.5 Å². The van der Waals surface area contributed by atoms with Crippen LogP contribution in [0.3, 0.4) is 0 Å². The molecule has 1 amide bonds. The smallest absolute Gasteiger partial charge is 0.220 e. The van der Waals surface area contributed by atoms with Gasteiger partial charge in [0, 0.05) is 30.6 Å². The van der Waals surface area contributed by atoms with Gasteiger partial charge in [0.05, 0.1) is 0 Å². The first-order valence-corrected chi connectivity index (χ1v) is 4.39. The number of amides is 1. The molecule has 1 heterocycles. The van der Waals surface area contributed by atoms with Crippen molar-refractivity contribution in [2.45, 2.75) is 18.9 Å². The maximum Gasteiger partial charge on any atom is 0.220 e. The van der Waals surface area contributed by atoms with E-state index >= 15 is 0 Å². The highest BCUT2D eigenvalue weighted by molar-refractivity contribution is 6.29. The zero-order chi connectivity index (χ0) is 8.97. The van der Waals surface area contributed by atoms with Gasteiger partial charge in [0.15, 0.2) is 0 Å². The van der Waals surface area contributed by atoms with Crippen LogP contribution in [0.15, 0.2) is 11.6 Å². The predicted molar refractivity (Wildman–Crippen MR) is 49.0 cm³/mol. The van der Waals surface area contributed by atoms with E-state index in [1.165, 1.54) is 0 Å². The Morgan fingerprint density at radius 2 is 2.58 bits per heavy atom. The zero-order valence-corrected chi connectivity index (χ0v) is 7.66. The van der Waals surface area contributed by atoms with Gasteiger partial charge < -0.3 is 10.6 Å². The van der Waals surface area contributed by atoms with E-state index < -0.39 is 0 Å². The average molecular weight is 189 g/mol. The SMILES string of the molecule is C=C(Cl)CNC1CCC(=O)NC1. The van der Waals surface area contributed by atoms with E-state index in [4.69, 9.17) is 11.6 Å². The number of nitrogens with one attached hydrogen (secondary N) is 2. The molecule has 2 N–H and O–H groups in total. The summed E-state index contributed by atoms with van der Waals surface area (Å²) in [4.78, 5) is 10.8. The third-order valence-electron chi connectivity index (χ3n) is 1.85. The predicted octanol–water partition coefficient (Wildman–Crippen LogP) is 0.607. The number of hydrogen-bond donors (Lipinski definition) is 2. The molecule has 0 radical (unpaired) electrons. The molecule has 0 bridgehead atoms. The Kier molecular flexibility index (Phi) is 3.56. The van der Waals surface area contributed by atoms with Crippen molar-refractivity contribution in [1.82, 2.24) is 10.6 Å². The van der Waals surface area contributed by atoms with E-state index in [1.54, 1.807) is 0 Å². The second-order valence-electron chi connectivity index (χ2n) is 2.94. The van der Waals surface area contributed by atoms with Crippen molar-refractivity contribution in [3.8, 4) is 0 Å². The van der Waals surface area contributed by atoms with Gasteiger partial charge in [-0.2, -0.15) is 0 Å². The molecule has 1 atom stereocenters. The Morgan fingerprint density at radius 1 is 1.83 bits per heavy atom. The van der Waals surface area contributed by atoms with Gasteiger partial charge in [0.2, 0.25) is 5.91 Å². The summed E-state index contributed by atoms with van der Waals surface area (Å²) in [7, 11) is 0. The van der Waals surface area contributed by atoms with E-state index in [2.05, 4.69) is 17.2 Å². The Bertz CT molecular complexity index is 183. The average Bonchev–Trinajstić information content (AvgIpc) is 2.03. The minimum atomic E-state index is 0.137. The largest absolute Gasteiger partial charge is 0.355 e. The fourth-order valence-corrected chi connectivity index (χ4v) is 1.24. The zero-order valence-electron chi connectivity index (χ0n) is 6.90. The second kappa shape index (κ2) is 4.48. The fourth-order valence-electron chi connectivity index (χ4n) is 1.16. The lowest BCUT2D eigenvalue weighted by molar-refractivity contribution is -0.122. The van der Waals surface area contributed by atoms with Crippen LogP contribution < -0.4 is 10.6 Å². The lowest BCUT2D eigenvalue weighted by Gasteiger charge is -2.23. The third kappa shape index (κ3) is 3.24. The van der Waals surface area contributed by atoms with Crippen molar-refractivity contribution in [3.05, 3.63) is 11.6 Å². The number of piperidine rings is 1. The summed E-state index contributed by atoms with van der Waals surface area (Å²) >= 11 is 5.58. The van der Waals surface area contributed by atoms with E-state index in [0.29, 0.717) is 30.6 Å². The molecule has 3 nitrogen and oxygen atoms in total. The van der Waals surface area contributed by atoms with Crippen molar-refractivity contribution in [2.75, 3.05) is 13.1 Å². The van der Waals surface area contributed by atoms with Gasteiger partial charge >= 0.3 is 0 Å². The topological polar surface area (TPSA) is 41.1 Å². The van der Waals surface area contributed by atoms with Crippen molar-refractivity contribution in [2.24, 2.45) is 0 Å². The van der Waals surface area contributed by atoms with Crippen LogP contribution in [-0.2, 0) is 4.79 Å². The summed E-state index contributed by atoms with van der Waals surface area (Å²) in [6.45, 7) is 4.88. The maximum atomic E-state index is 10.8. The van der Waals surface area contributed by atoms with Crippen molar-refractivity contribution in [1.29, 1.82) is 0 Å². The highest BCUT2D eigenvalue weighted by Crippen LogP contribution is 2.03. The fraction of sp³-hybridized carbons (Fsp3) is 0.625. The van der Waals surface area contributed by atoms with Gasteiger partial charge in [-0.1, -0.05) is 18.2 Å². The number of hydrogen-bond acceptors (Lipinski definition) is 2. The van der Waals surface area contributed by atoms with Crippen molar-refractivity contribution < 1.29 is 4.79 Å². The molecule has 1 rings (SSSR count). The minimum Gasteiger partial charge on any atom is -0.355 e. The molecule has 1 saturated heterocycles. The van der Waals surface area contributed by atoms with Crippen LogP contribution in [0.4, 0.5) is 0 Å². The first-order chi connectivity index (χ1) is 5.68. The van der Waals surface area contributed by atoms with Crippen LogP contribution >= 0.6 is 11.6 Å². The standard InChI is InChI=1S/C8H13ClN2O/c1-6(9)4-10-7-2-3-8(12)11-5-7/h7,10H,1-5H2,(H,11,12). The third-order valence-corrected chi connectivity index (χ3v) is 1.98. The second-order valence-corrected chi connectivity index (χ2v) is 3.47. The molecular formula is C8H13ClN2O. The first-order valence-electron chi connectivity index (χ1n) is 4.02. The van der Waals surface area contributed by atoms with E-state index in [0.717, 1.165) is 6.42 Å². The summed E-state index contributed by atoms with van der Waals surface area (Å²) < 4.78 is 0. The Balaban J connectivity index is 2.17. The van der Waals surface area contributed by atoms with Gasteiger partial charge in [-0.15, -0.1) is 0 Å². The van der Waals surface area contributed by atoms with E-state index in [9.17, 15) is 4.79 Å².